The Morgan fingerprint density at radius 1 is 1.38 bits per heavy atom. The van der Waals surface area contributed by atoms with Crippen LogP contribution >= 0.6 is 11.6 Å². The number of benzene rings is 1. The van der Waals surface area contributed by atoms with Crippen LogP contribution in [0.15, 0.2) is 18.2 Å². The number of hydrogen-bond acceptors (Lipinski definition) is 1. The first-order valence-electron chi connectivity index (χ1n) is 4.58. The van der Waals surface area contributed by atoms with Gasteiger partial charge in [0.15, 0.2) is 0 Å². The molecule has 0 bridgehead atoms. The SMILES string of the molecule is CNCc1ccc(Cl)c(C(C)C)c1. The highest BCUT2D eigenvalue weighted by atomic mass is 35.5. The molecule has 1 N–H and O–H groups in total. The maximum atomic E-state index is 6.07. The largest absolute Gasteiger partial charge is 0.316 e. The van der Waals surface area contributed by atoms with E-state index in [1.54, 1.807) is 0 Å². The zero-order valence-corrected chi connectivity index (χ0v) is 9.15. The summed E-state index contributed by atoms with van der Waals surface area (Å²) in [5.74, 6) is 0.490. The van der Waals surface area contributed by atoms with Crippen molar-refractivity contribution in [3.8, 4) is 0 Å². The van der Waals surface area contributed by atoms with Crippen LogP contribution in [-0.2, 0) is 6.54 Å². The molecule has 0 saturated carbocycles. The maximum Gasteiger partial charge on any atom is 0.0440 e. The second-order valence-corrected chi connectivity index (χ2v) is 3.95. The van der Waals surface area contributed by atoms with Gasteiger partial charge in [0.1, 0.15) is 0 Å². The average Bonchev–Trinajstić information content (AvgIpc) is 2.08. The molecule has 0 spiro atoms. The van der Waals surface area contributed by atoms with Crippen molar-refractivity contribution in [3.63, 3.8) is 0 Å². The van der Waals surface area contributed by atoms with Crippen molar-refractivity contribution >= 4 is 11.6 Å². The average molecular weight is 198 g/mol. The molecule has 13 heavy (non-hydrogen) atoms. The minimum absolute atomic E-state index is 0.490. The molecular formula is C11H16ClN. The molecular weight excluding hydrogens is 182 g/mol. The summed E-state index contributed by atoms with van der Waals surface area (Å²) in [5, 5.41) is 4.00. The summed E-state index contributed by atoms with van der Waals surface area (Å²) < 4.78 is 0. The van der Waals surface area contributed by atoms with Crippen LogP contribution in [0.4, 0.5) is 0 Å². The Labute approximate surface area is 85.1 Å². The molecule has 0 saturated heterocycles. The van der Waals surface area contributed by atoms with Gasteiger partial charge in [-0.05, 0) is 30.2 Å². The van der Waals surface area contributed by atoms with Crippen molar-refractivity contribution in [1.29, 1.82) is 0 Å². The minimum atomic E-state index is 0.490. The molecule has 0 aromatic heterocycles. The fraction of sp³-hybridized carbons (Fsp3) is 0.455. The molecule has 0 aliphatic rings. The van der Waals surface area contributed by atoms with Gasteiger partial charge in [-0.1, -0.05) is 37.6 Å². The van der Waals surface area contributed by atoms with Crippen LogP contribution in [0.25, 0.3) is 0 Å². The maximum absolute atomic E-state index is 6.07. The Kier molecular flexibility index (Phi) is 3.76. The molecule has 1 aromatic carbocycles. The van der Waals surface area contributed by atoms with E-state index in [2.05, 4.69) is 31.3 Å². The first-order chi connectivity index (χ1) is 6.15. The van der Waals surface area contributed by atoms with E-state index in [9.17, 15) is 0 Å². The Hall–Kier alpha value is -0.530. The van der Waals surface area contributed by atoms with Gasteiger partial charge < -0.3 is 5.32 Å². The smallest absolute Gasteiger partial charge is 0.0440 e. The predicted octanol–water partition coefficient (Wildman–Crippen LogP) is 3.18. The van der Waals surface area contributed by atoms with E-state index in [1.165, 1.54) is 11.1 Å². The highest BCUT2D eigenvalue weighted by Gasteiger charge is 2.05. The number of halogens is 1. The zero-order chi connectivity index (χ0) is 9.84. The fourth-order valence-electron chi connectivity index (χ4n) is 1.35. The summed E-state index contributed by atoms with van der Waals surface area (Å²) in [6.07, 6.45) is 0. The highest BCUT2D eigenvalue weighted by Crippen LogP contribution is 2.24. The minimum Gasteiger partial charge on any atom is -0.316 e. The third-order valence-corrected chi connectivity index (χ3v) is 2.41. The quantitative estimate of drug-likeness (QED) is 0.785. The Morgan fingerprint density at radius 2 is 2.08 bits per heavy atom. The monoisotopic (exact) mass is 197 g/mol. The summed E-state index contributed by atoms with van der Waals surface area (Å²) >= 11 is 6.07. The topological polar surface area (TPSA) is 12.0 Å². The zero-order valence-electron chi connectivity index (χ0n) is 8.39. The molecule has 0 unspecified atom stereocenters. The van der Waals surface area contributed by atoms with Crippen molar-refractivity contribution in [3.05, 3.63) is 34.3 Å². The predicted molar refractivity (Wildman–Crippen MR) is 58.3 cm³/mol. The first-order valence-corrected chi connectivity index (χ1v) is 4.96. The molecule has 1 aromatic rings. The lowest BCUT2D eigenvalue weighted by molar-refractivity contribution is 0.807. The second-order valence-electron chi connectivity index (χ2n) is 3.54. The third kappa shape index (κ3) is 2.71. The van der Waals surface area contributed by atoms with Gasteiger partial charge in [-0.25, -0.2) is 0 Å². The van der Waals surface area contributed by atoms with Gasteiger partial charge >= 0.3 is 0 Å². The summed E-state index contributed by atoms with van der Waals surface area (Å²) in [7, 11) is 1.95. The van der Waals surface area contributed by atoms with Crippen molar-refractivity contribution in [2.75, 3.05) is 7.05 Å². The number of hydrogen-bond donors (Lipinski definition) is 1. The molecule has 2 heteroatoms. The van der Waals surface area contributed by atoms with Gasteiger partial charge in [0.25, 0.3) is 0 Å². The summed E-state index contributed by atoms with van der Waals surface area (Å²) in [5.41, 5.74) is 2.52. The van der Waals surface area contributed by atoms with Gasteiger partial charge in [-0.15, -0.1) is 0 Å². The van der Waals surface area contributed by atoms with E-state index in [-0.39, 0.29) is 0 Å². The Balaban J connectivity index is 2.97. The van der Waals surface area contributed by atoms with Gasteiger partial charge in [0.05, 0.1) is 0 Å². The van der Waals surface area contributed by atoms with Crippen LogP contribution in [0, 0.1) is 0 Å². The lowest BCUT2D eigenvalue weighted by Gasteiger charge is -2.10. The molecule has 0 fully saturated rings. The van der Waals surface area contributed by atoms with E-state index >= 15 is 0 Å². The van der Waals surface area contributed by atoms with E-state index in [0.29, 0.717) is 5.92 Å². The summed E-state index contributed by atoms with van der Waals surface area (Å²) in [6, 6.07) is 6.21. The summed E-state index contributed by atoms with van der Waals surface area (Å²) in [6.45, 7) is 5.21. The van der Waals surface area contributed by atoms with Crippen LogP contribution < -0.4 is 5.32 Å². The summed E-state index contributed by atoms with van der Waals surface area (Å²) in [4.78, 5) is 0. The number of nitrogens with one attached hydrogen (secondary N) is 1. The van der Waals surface area contributed by atoms with Crippen LogP contribution in [0.2, 0.25) is 5.02 Å². The Bertz CT molecular complexity index is 281. The van der Waals surface area contributed by atoms with Crippen molar-refractivity contribution in [2.45, 2.75) is 26.3 Å². The highest BCUT2D eigenvalue weighted by molar-refractivity contribution is 6.31. The molecule has 0 atom stereocenters. The van der Waals surface area contributed by atoms with Gasteiger partial charge in [0, 0.05) is 11.6 Å². The fourth-order valence-corrected chi connectivity index (χ4v) is 1.69. The van der Waals surface area contributed by atoms with E-state index in [1.807, 2.05) is 13.1 Å². The van der Waals surface area contributed by atoms with Crippen LogP contribution in [0.5, 0.6) is 0 Å². The lowest BCUT2D eigenvalue weighted by Crippen LogP contribution is -2.05. The molecule has 1 nitrogen and oxygen atoms in total. The Morgan fingerprint density at radius 3 is 2.62 bits per heavy atom. The lowest BCUT2D eigenvalue weighted by atomic mass is 10.0. The second kappa shape index (κ2) is 4.64. The van der Waals surface area contributed by atoms with E-state index < -0.39 is 0 Å². The molecule has 0 radical (unpaired) electrons. The molecule has 0 amide bonds. The van der Waals surface area contributed by atoms with Crippen molar-refractivity contribution in [1.82, 2.24) is 5.32 Å². The molecule has 0 aliphatic carbocycles. The van der Waals surface area contributed by atoms with Crippen LogP contribution in [0.3, 0.4) is 0 Å². The molecule has 1 rings (SSSR count). The van der Waals surface area contributed by atoms with E-state index in [0.717, 1.165) is 11.6 Å². The third-order valence-electron chi connectivity index (χ3n) is 2.06. The van der Waals surface area contributed by atoms with Gasteiger partial charge in [-0.3, -0.25) is 0 Å². The van der Waals surface area contributed by atoms with Crippen LogP contribution in [0.1, 0.15) is 30.9 Å². The molecule has 72 valence electrons. The number of rotatable bonds is 3. The molecule has 0 heterocycles. The molecule has 0 aliphatic heterocycles. The van der Waals surface area contributed by atoms with Crippen molar-refractivity contribution < 1.29 is 0 Å². The standard InChI is InChI=1S/C11H16ClN/c1-8(2)10-6-9(7-13-3)4-5-11(10)12/h4-6,8,13H,7H2,1-3H3. The van der Waals surface area contributed by atoms with Crippen molar-refractivity contribution in [2.24, 2.45) is 0 Å². The first kappa shape index (κ1) is 10.6. The van der Waals surface area contributed by atoms with Gasteiger partial charge in [-0.2, -0.15) is 0 Å². The van der Waals surface area contributed by atoms with E-state index in [4.69, 9.17) is 11.6 Å². The normalized spacial score (nSPS) is 10.8. The van der Waals surface area contributed by atoms with Gasteiger partial charge in [0.2, 0.25) is 0 Å². The van der Waals surface area contributed by atoms with Crippen LogP contribution in [-0.4, -0.2) is 7.05 Å².